The van der Waals surface area contributed by atoms with Crippen LogP contribution in [-0.4, -0.2) is 11.3 Å². The summed E-state index contributed by atoms with van der Waals surface area (Å²) in [6.45, 7) is 32.2. The van der Waals surface area contributed by atoms with Crippen LogP contribution in [-0.2, 0) is 0 Å². The predicted molar refractivity (Wildman–Crippen MR) is 458 cm³/mol. The van der Waals surface area contributed by atoms with Crippen molar-refractivity contribution in [2.45, 2.75) is 121 Å². The summed E-state index contributed by atoms with van der Waals surface area (Å²) < 4.78 is 2.60. The molecule has 14 aromatic carbocycles. The molecule has 17 rings (SSSR count). The summed E-state index contributed by atoms with van der Waals surface area (Å²) in [6, 6.07) is 108. The van der Waals surface area contributed by atoms with Crippen molar-refractivity contribution < 1.29 is 0 Å². The maximum atomic E-state index is 2.72. The van der Waals surface area contributed by atoms with E-state index < -0.39 is 0 Å². The fourth-order valence-electron chi connectivity index (χ4n) is 18.4. The van der Waals surface area contributed by atoms with E-state index >= 15 is 0 Å². The van der Waals surface area contributed by atoms with E-state index in [0.29, 0.717) is 23.7 Å². The van der Waals surface area contributed by atoms with Gasteiger partial charge in [-0.3, -0.25) is 0 Å². The van der Waals surface area contributed by atoms with Crippen LogP contribution in [0, 0.1) is 41.5 Å². The molecule has 0 spiro atoms. The summed E-state index contributed by atoms with van der Waals surface area (Å²) in [5.41, 5.74) is 44.3. The number of hydrogen-bond acceptors (Lipinski definition) is 2. The molecule has 0 aliphatic carbocycles. The summed E-state index contributed by atoms with van der Waals surface area (Å²) in [5.74, 6) is 1.35. The molecule has 0 atom stereocenters. The van der Waals surface area contributed by atoms with Crippen molar-refractivity contribution in [3.05, 3.63) is 335 Å². The SMILES string of the molecule is Cc1cccc(C)c1-c1cccc(N2c3cc(-c4c(C)cccc4C)ccc3B3c4ccc(-n5c6ccc(-c7c(C(C)C)cccc7C(C)C)cc6c6cc(-c7c(C(C)C)cccc7C(C)C)ccc65)cc4N(c4c(-c5ccccc5)cccc4-c4ccccc4)c4cc(-c5c(C)cccc5C)cc2c43)c1. The predicted octanol–water partition coefficient (Wildman–Crippen LogP) is 26.9. The Morgan fingerprint density at radius 1 is 0.255 bits per heavy atom. The van der Waals surface area contributed by atoms with Gasteiger partial charge in [0.05, 0.1) is 16.7 Å². The highest BCUT2D eigenvalue weighted by Crippen LogP contribution is 2.54. The Labute approximate surface area is 628 Å². The summed E-state index contributed by atoms with van der Waals surface area (Å²) >= 11 is 0. The third kappa shape index (κ3) is 11.3. The lowest BCUT2D eigenvalue weighted by Crippen LogP contribution is -2.61. The number of para-hydroxylation sites is 1. The normalized spacial score (nSPS) is 12.5. The molecule has 15 aromatic rings. The Bertz CT molecular complexity index is 5710. The minimum atomic E-state index is -0.197. The van der Waals surface area contributed by atoms with E-state index in [-0.39, 0.29) is 6.71 Å². The second-order valence-electron chi connectivity index (χ2n) is 31.4. The standard InChI is InChI=1S/C102H92BN3/c1-61(2)80-40-25-41-81(62(3)4)99(80)74-47-52-90-86(55-74)87-56-75(100-82(63(5)6)42-26-43-83(100)64(7)8)48-53-91(87)104(90)79-49-51-89-93(60-79)106(102-84(71-34-17-15-18-35-71)44-27-45-85(102)72-36-19-16-20-37-72)95-59-77(98-69(13)32-23-33-70(98)14)58-94-101(95)103(89)88-50-46-76(97-67(11)30-22-31-68(97)12)57-92(88)105(94)78-39-24-38-73(54-78)96-65(9)28-21-29-66(96)10/h15-64H,1-14H3. The maximum absolute atomic E-state index is 2.72. The first-order chi connectivity index (χ1) is 51.4. The second-order valence-corrected chi connectivity index (χ2v) is 31.4. The molecule has 0 fully saturated rings. The Hall–Kier alpha value is -11.5. The summed E-state index contributed by atoms with van der Waals surface area (Å²) in [5, 5.41) is 2.48. The van der Waals surface area contributed by atoms with E-state index in [1.807, 2.05) is 0 Å². The zero-order chi connectivity index (χ0) is 73.1. The van der Waals surface area contributed by atoms with Gasteiger partial charge < -0.3 is 14.4 Å². The van der Waals surface area contributed by atoms with Crippen LogP contribution in [0.25, 0.3) is 105 Å². The van der Waals surface area contributed by atoms with Crippen molar-refractivity contribution in [1.82, 2.24) is 4.57 Å². The van der Waals surface area contributed by atoms with Crippen LogP contribution >= 0.6 is 0 Å². The van der Waals surface area contributed by atoms with Gasteiger partial charge in [0, 0.05) is 56.0 Å². The van der Waals surface area contributed by atoms with Gasteiger partial charge in [-0.1, -0.05) is 268 Å². The van der Waals surface area contributed by atoms with Gasteiger partial charge >= 0.3 is 0 Å². The molecule has 3 nitrogen and oxygen atoms in total. The molecule has 0 N–H and O–H groups in total. The smallest absolute Gasteiger partial charge is 0.252 e. The van der Waals surface area contributed by atoms with Gasteiger partial charge in [-0.2, -0.15) is 0 Å². The highest BCUT2D eigenvalue weighted by molar-refractivity contribution is 7.00. The fourth-order valence-corrected chi connectivity index (χ4v) is 18.4. The molecule has 106 heavy (non-hydrogen) atoms. The monoisotopic (exact) mass is 1370 g/mol. The maximum Gasteiger partial charge on any atom is 0.252 e. The first kappa shape index (κ1) is 67.7. The van der Waals surface area contributed by atoms with E-state index in [0.717, 1.165) is 56.4 Å². The van der Waals surface area contributed by atoms with Gasteiger partial charge in [0.15, 0.2) is 0 Å². The molecule has 2 aliphatic heterocycles. The molecule has 0 amide bonds. The van der Waals surface area contributed by atoms with E-state index in [9.17, 15) is 0 Å². The molecular weight excluding hydrogens is 1280 g/mol. The summed E-state index contributed by atoms with van der Waals surface area (Å²) in [6.07, 6.45) is 0. The third-order valence-corrected chi connectivity index (χ3v) is 23.2. The average molecular weight is 1370 g/mol. The lowest BCUT2D eigenvalue weighted by atomic mass is 9.33. The topological polar surface area (TPSA) is 11.4 Å². The number of rotatable bonds is 14. The highest BCUT2D eigenvalue weighted by atomic mass is 15.2. The van der Waals surface area contributed by atoms with Gasteiger partial charge in [0.1, 0.15) is 0 Å². The van der Waals surface area contributed by atoms with Crippen LogP contribution in [0.1, 0.15) is 135 Å². The quantitative estimate of drug-likeness (QED) is 0.101. The largest absolute Gasteiger partial charge is 0.311 e. The molecule has 0 saturated carbocycles. The van der Waals surface area contributed by atoms with Gasteiger partial charge in [-0.15, -0.1) is 0 Å². The molecule has 0 bridgehead atoms. The Morgan fingerprint density at radius 2 is 0.613 bits per heavy atom. The number of anilines is 6. The minimum absolute atomic E-state index is 0.197. The molecule has 2 aliphatic rings. The summed E-state index contributed by atoms with van der Waals surface area (Å²) in [4.78, 5) is 5.36. The van der Waals surface area contributed by atoms with Crippen molar-refractivity contribution in [2.75, 3.05) is 9.80 Å². The molecule has 0 saturated heterocycles. The lowest BCUT2D eigenvalue weighted by molar-refractivity contribution is 0.838. The van der Waals surface area contributed by atoms with Crippen LogP contribution in [0.4, 0.5) is 34.1 Å². The molecule has 3 heterocycles. The molecular formula is C102H92BN3. The number of hydrogen-bond donors (Lipinski definition) is 0. The highest BCUT2D eigenvalue weighted by Gasteiger charge is 2.45. The minimum Gasteiger partial charge on any atom is -0.311 e. The molecule has 0 radical (unpaired) electrons. The zero-order valence-electron chi connectivity index (χ0n) is 63.8. The first-order valence-electron chi connectivity index (χ1n) is 38.4. The van der Waals surface area contributed by atoms with Gasteiger partial charge in [-0.05, 0) is 271 Å². The van der Waals surface area contributed by atoms with Crippen LogP contribution in [0.3, 0.4) is 0 Å². The average Bonchev–Trinajstić information content (AvgIpc) is 0.699. The van der Waals surface area contributed by atoms with Gasteiger partial charge in [-0.25, -0.2) is 0 Å². The van der Waals surface area contributed by atoms with E-state index in [2.05, 4.69) is 390 Å². The van der Waals surface area contributed by atoms with Crippen molar-refractivity contribution in [1.29, 1.82) is 0 Å². The molecule has 0 unspecified atom stereocenters. The fraction of sp³-hybridized carbons (Fsp3) is 0.176. The number of aryl methyl sites for hydroxylation is 6. The molecule has 518 valence electrons. The number of nitrogens with zero attached hydrogens (tertiary/aromatic N) is 3. The van der Waals surface area contributed by atoms with Crippen LogP contribution < -0.4 is 26.2 Å². The molecule has 4 heteroatoms. The third-order valence-electron chi connectivity index (χ3n) is 23.2. The second kappa shape index (κ2) is 26.9. The number of benzene rings is 14. The van der Waals surface area contributed by atoms with Crippen LogP contribution in [0.15, 0.2) is 279 Å². The van der Waals surface area contributed by atoms with E-state index in [1.54, 1.807) is 0 Å². The van der Waals surface area contributed by atoms with Crippen molar-refractivity contribution in [2.24, 2.45) is 0 Å². The van der Waals surface area contributed by atoms with E-state index in [1.165, 1.54) is 155 Å². The Balaban J connectivity index is 1.02. The van der Waals surface area contributed by atoms with Crippen LogP contribution in [0.5, 0.6) is 0 Å². The van der Waals surface area contributed by atoms with Crippen LogP contribution in [0.2, 0.25) is 0 Å². The Morgan fingerprint density at radius 3 is 1.08 bits per heavy atom. The summed E-state index contributed by atoms with van der Waals surface area (Å²) in [7, 11) is 0. The molecule has 1 aromatic heterocycles. The van der Waals surface area contributed by atoms with Crippen molar-refractivity contribution in [3.63, 3.8) is 0 Å². The lowest BCUT2D eigenvalue weighted by Gasteiger charge is -2.45. The van der Waals surface area contributed by atoms with Gasteiger partial charge in [0.2, 0.25) is 0 Å². The first-order valence-corrected chi connectivity index (χ1v) is 38.4. The number of fused-ring (bicyclic) bond motifs is 7. The Kier molecular flexibility index (Phi) is 17.2. The zero-order valence-corrected chi connectivity index (χ0v) is 63.8. The van der Waals surface area contributed by atoms with Crippen molar-refractivity contribution >= 4 is 79.0 Å². The number of aromatic nitrogens is 1. The van der Waals surface area contributed by atoms with Gasteiger partial charge in [0.25, 0.3) is 6.71 Å². The van der Waals surface area contributed by atoms with E-state index in [4.69, 9.17) is 0 Å². The van der Waals surface area contributed by atoms with Crippen molar-refractivity contribution in [3.8, 4) is 83.6 Å².